The fourth-order valence-electron chi connectivity index (χ4n) is 5.08. The van der Waals surface area contributed by atoms with Gasteiger partial charge in [0.1, 0.15) is 0 Å². The number of benzene rings is 1. The third-order valence-electron chi connectivity index (χ3n) is 5.91. The number of methoxy groups -OCH3 is 2. The molecule has 1 aliphatic carbocycles. The van der Waals surface area contributed by atoms with Crippen LogP contribution < -0.4 is 9.47 Å². The average molecular weight is 336 g/mol. The molecule has 0 aromatic heterocycles. The van der Waals surface area contributed by atoms with E-state index >= 15 is 0 Å². The molecule has 0 bridgehead atoms. The summed E-state index contributed by atoms with van der Waals surface area (Å²) < 4.78 is 11.5. The van der Waals surface area contributed by atoms with E-state index in [1.807, 2.05) is 6.07 Å². The zero-order chi connectivity index (χ0) is 17.5. The van der Waals surface area contributed by atoms with Crippen molar-refractivity contribution in [2.45, 2.75) is 64.9 Å². The number of allylic oxidation sites excluding steroid dienone is 2. The molecule has 0 saturated carbocycles. The van der Waals surface area contributed by atoms with E-state index in [4.69, 9.17) is 9.47 Å². The van der Waals surface area contributed by atoms with Crippen LogP contribution in [0.5, 0.6) is 11.5 Å². The van der Waals surface area contributed by atoms with E-state index < -0.39 is 7.92 Å². The molecule has 2 nitrogen and oxygen atoms in total. The van der Waals surface area contributed by atoms with Crippen molar-refractivity contribution in [3.05, 3.63) is 28.8 Å². The van der Waals surface area contributed by atoms with Gasteiger partial charge in [-0.2, -0.15) is 0 Å². The van der Waals surface area contributed by atoms with Gasteiger partial charge in [-0.05, 0) is 0 Å². The summed E-state index contributed by atoms with van der Waals surface area (Å²) in [7, 11) is 2.40. The number of fused-ring (bicyclic) bond motifs is 1. The molecule has 0 aliphatic heterocycles. The first kappa shape index (κ1) is 18.3. The van der Waals surface area contributed by atoms with Crippen LogP contribution in [0.4, 0.5) is 0 Å². The Labute approximate surface area is 143 Å². The van der Waals surface area contributed by atoms with Crippen molar-refractivity contribution >= 4 is 13.5 Å². The van der Waals surface area contributed by atoms with Crippen LogP contribution in [0.1, 0.15) is 59.6 Å². The predicted octanol–water partition coefficient (Wildman–Crippen LogP) is 5.49. The second-order valence-corrected chi connectivity index (χ2v) is 12.6. The molecule has 0 amide bonds. The van der Waals surface area contributed by atoms with Crippen LogP contribution in [0.25, 0.3) is 5.57 Å². The summed E-state index contributed by atoms with van der Waals surface area (Å²) in [6, 6.07) is 4.12. The van der Waals surface area contributed by atoms with Crippen LogP contribution in [-0.4, -0.2) is 25.5 Å². The van der Waals surface area contributed by atoms with Gasteiger partial charge in [0.15, 0.2) is 0 Å². The van der Waals surface area contributed by atoms with E-state index in [0.717, 1.165) is 22.8 Å². The SMILES string of the molecule is COc1ccc(OC)c2c1C(C)=C(C)C2(C)[PH2](C(C)C)C(C)C. The first-order valence-electron chi connectivity index (χ1n) is 8.65. The summed E-state index contributed by atoms with van der Waals surface area (Å²) in [6.07, 6.45) is 0. The molecule has 0 saturated heterocycles. The molecule has 0 N–H and O–H groups in total. The van der Waals surface area contributed by atoms with Crippen LogP contribution in [0, 0.1) is 0 Å². The summed E-state index contributed by atoms with van der Waals surface area (Å²) in [6.45, 7) is 16.6. The van der Waals surface area contributed by atoms with Gasteiger partial charge in [-0.1, -0.05) is 0 Å². The molecule has 1 atom stereocenters. The molecule has 1 aromatic carbocycles. The summed E-state index contributed by atoms with van der Waals surface area (Å²) >= 11 is 0. The Morgan fingerprint density at radius 1 is 0.913 bits per heavy atom. The van der Waals surface area contributed by atoms with Gasteiger partial charge >= 0.3 is 142 Å². The molecular formula is C20H33O2P. The van der Waals surface area contributed by atoms with E-state index in [9.17, 15) is 0 Å². The van der Waals surface area contributed by atoms with Gasteiger partial charge < -0.3 is 0 Å². The van der Waals surface area contributed by atoms with Crippen molar-refractivity contribution in [2.75, 3.05) is 14.2 Å². The number of hydrogen-bond donors (Lipinski definition) is 0. The van der Waals surface area contributed by atoms with Gasteiger partial charge in [0.2, 0.25) is 0 Å². The van der Waals surface area contributed by atoms with E-state index in [1.54, 1.807) is 14.2 Å². The molecule has 23 heavy (non-hydrogen) atoms. The van der Waals surface area contributed by atoms with Crippen molar-refractivity contribution in [1.82, 2.24) is 0 Å². The van der Waals surface area contributed by atoms with E-state index in [2.05, 4.69) is 54.5 Å². The van der Waals surface area contributed by atoms with E-state index in [-0.39, 0.29) is 5.16 Å². The summed E-state index contributed by atoms with van der Waals surface area (Å²) in [5.41, 5.74) is 6.97. The summed E-state index contributed by atoms with van der Waals surface area (Å²) in [4.78, 5) is 0. The molecule has 130 valence electrons. The molecule has 0 radical (unpaired) electrons. The minimum atomic E-state index is -1.15. The second-order valence-electron chi connectivity index (χ2n) is 7.69. The van der Waals surface area contributed by atoms with E-state index in [0.29, 0.717) is 0 Å². The standard InChI is InChI=1S/C20H33O2P/c1-12(2)23(13(3)4)20(7)15(6)14(5)18-16(21-8)10-11-17(22-9)19(18)20/h10-13H,23H2,1-9H3. The van der Waals surface area contributed by atoms with Crippen LogP contribution >= 0.6 is 7.92 Å². The quantitative estimate of drug-likeness (QED) is 0.662. The van der Waals surface area contributed by atoms with E-state index in [1.165, 1.54) is 22.3 Å². The van der Waals surface area contributed by atoms with Crippen molar-refractivity contribution in [3.8, 4) is 11.5 Å². The molecule has 1 aromatic rings. The Balaban J connectivity index is 2.85. The van der Waals surface area contributed by atoms with Gasteiger partial charge in [-0.3, -0.25) is 0 Å². The first-order valence-corrected chi connectivity index (χ1v) is 10.6. The van der Waals surface area contributed by atoms with Crippen molar-refractivity contribution < 1.29 is 9.47 Å². The molecule has 3 heteroatoms. The maximum atomic E-state index is 5.80. The minimum absolute atomic E-state index is 0.113. The van der Waals surface area contributed by atoms with Crippen LogP contribution in [-0.2, 0) is 5.16 Å². The Morgan fingerprint density at radius 2 is 1.39 bits per heavy atom. The fourth-order valence-corrected chi connectivity index (χ4v) is 10.6. The Morgan fingerprint density at radius 3 is 1.83 bits per heavy atom. The maximum absolute atomic E-state index is 5.80. The predicted molar refractivity (Wildman–Crippen MR) is 105 cm³/mol. The molecular weight excluding hydrogens is 303 g/mol. The second kappa shape index (κ2) is 6.48. The Bertz CT molecular complexity index is 623. The van der Waals surface area contributed by atoms with Crippen LogP contribution in [0.3, 0.4) is 0 Å². The Hall–Kier alpha value is -1.01. The molecule has 0 spiro atoms. The summed E-state index contributed by atoms with van der Waals surface area (Å²) in [5, 5.41) is 0.113. The van der Waals surface area contributed by atoms with Crippen molar-refractivity contribution in [1.29, 1.82) is 0 Å². The van der Waals surface area contributed by atoms with Crippen LogP contribution in [0.15, 0.2) is 17.7 Å². The monoisotopic (exact) mass is 336 g/mol. The van der Waals surface area contributed by atoms with Crippen molar-refractivity contribution in [3.63, 3.8) is 0 Å². The fraction of sp³-hybridized carbons (Fsp3) is 0.600. The molecule has 1 aliphatic rings. The third-order valence-corrected chi connectivity index (χ3v) is 10.8. The molecule has 0 fully saturated rings. The van der Waals surface area contributed by atoms with Gasteiger partial charge in [0.25, 0.3) is 0 Å². The van der Waals surface area contributed by atoms with Gasteiger partial charge in [0, 0.05) is 0 Å². The zero-order valence-corrected chi connectivity index (χ0v) is 17.4. The van der Waals surface area contributed by atoms with Crippen LogP contribution in [0.2, 0.25) is 0 Å². The number of rotatable bonds is 5. The summed E-state index contributed by atoms with van der Waals surface area (Å²) in [5.74, 6) is 1.99. The molecule has 0 heterocycles. The normalized spacial score (nSPS) is 21.1. The number of hydrogen-bond acceptors (Lipinski definition) is 2. The first-order chi connectivity index (χ1) is 10.7. The number of ether oxygens (including phenoxy) is 2. The van der Waals surface area contributed by atoms with Gasteiger partial charge in [0.05, 0.1) is 0 Å². The van der Waals surface area contributed by atoms with Gasteiger partial charge in [-0.25, -0.2) is 0 Å². The van der Waals surface area contributed by atoms with Gasteiger partial charge in [-0.15, -0.1) is 0 Å². The Kier molecular flexibility index (Phi) is 5.16. The molecule has 2 rings (SSSR count). The topological polar surface area (TPSA) is 18.5 Å². The van der Waals surface area contributed by atoms with Crippen molar-refractivity contribution in [2.24, 2.45) is 0 Å². The average Bonchev–Trinajstić information content (AvgIpc) is 2.68. The zero-order valence-electron chi connectivity index (χ0n) is 16.2. The third kappa shape index (κ3) is 2.60. The molecule has 1 unspecified atom stereocenters.